The molecule has 10 heavy (non-hydrogen) atoms. The smallest absolute Gasteiger partial charge is 0.0555 e. The Morgan fingerprint density at radius 3 is 1.90 bits per heavy atom. The van der Waals surface area contributed by atoms with Crippen molar-refractivity contribution in [3.8, 4) is 0 Å². The molecule has 0 bridgehead atoms. The van der Waals surface area contributed by atoms with Crippen LogP contribution in [-0.2, 0) is 0 Å². The van der Waals surface area contributed by atoms with E-state index in [1.165, 1.54) is 0 Å². The van der Waals surface area contributed by atoms with Crippen molar-refractivity contribution >= 4 is 88.7 Å². The summed E-state index contributed by atoms with van der Waals surface area (Å²) in [6, 6.07) is 0. The normalized spacial score (nSPS) is 6.60. The zero-order chi connectivity index (χ0) is 5.54. The maximum absolute atomic E-state index is 8.19. The largest absolute Gasteiger partial charge is 0.395 e. The molecule has 47 valence electrons. The van der Waals surface area contributed by atoms with Crippen LogP contribution in [-0.4, -0.2) is 120 Å². The Balaban J connectivity index is -0.0000000600. The van der Waals surface area contributed by atoms with Gasteiger partial charge in [-0.15, -0.1) is 0 Å². The van der Waals surface area contributed by atoms with E-state index < -0.39 is 0 Å². The summed E-state index contributed by atoms with van der Waals surface area (Å²) in [5.74, 6) is 0. The SMILES string of the molecule is NCCNCCO.[Na].[Na].[Na]. The predicted molar refractivity (Wildman–Crippen MR) is 46.3 cm³/mol. The molecule has 3 nitrogen and oxygen atoms in total. The number of nitrogens with two attached hydrogens (primary N) is 1. The number of rotatable bonds is 4. The van der Waals surface area contributed by atoms with Gasteiger partial charge in [0.1, 0.15) is 0 Å². The van der Waals surface area contributed by atoms with Crippen molar-refractivity contribution in [3.05, 3.63) is 0 Å². The van der Waals surface area contributed by atoms with Gasteiger partial charge in [-0.2, -0.15) is 0 Å². The Morgan fingerprint density at radius 2 is 1.60 bits per heavy atom. The summed E-state index contributed by atoms with van der Waals surface area (Å²) in [4.78, 5) is 0. The van der Waals surface area contributed by atoms with E-state index in [1.807, 2.05) is 0 Å². The average Bonchev–Trinajstić information content (AvgIpc) is 1.69. The maximum Gasteiger partial charge on any atom is 0.0555 e. The zero-order valence-corrected chi connectivity index (χ0v) is 13.4. The first-order valence-corrected chi connectivity index (χ1v) is 2.43. The summed E-state index contributed by atoms with van der Waals surface area (Å²) in [6.45, 7) is 2.28. The van der Waals surface area contributed by atoms with Crippen molar-refractivity contribution in [2.24, 2.45) is 5.73 Å². The summed E-state index contributed by atoms with van der Waals surface area (Å²) in [6.07, 6.45) is 0. The molecule has 6 heteroatoms. The van der Waals surface area contributed by atoms with Crippen LogP contribution < -0.4 is 11.1 Å². The van der Waals surface area contributed by atoms with Gasteiger partial charge in [0.15, 0.2) is 0 Å². The molecule has 0 rings (SSSR count). The number of hydrogen-bond donors (Lipinski definition) is 3. The second kappa shape index (κ2) is 22.6. The molecule has 0 aliphatic heterocycles. The minimum atomic E-state index is 0. The fourth-order valence-corrected chi connectivity index (χ4v) is 0.306. The van der Waals surface area contributed by atoms with Crippen molar-refractivity contribution in [2.75, 3.05) is 26.2 Å². The molecule has 0 fully saturated rings. The standard InChI is InChI=1S/C4H12N2O.3Na/c5-1-2-6-3-4-7;;;/h6-7H,1-5H2;;;. The molecule has 0 saturated heterocycles. The van der Waals surface area contributed by atoms with Crippen molar-refractivity contribution in [2.45, 2.75) is 0 Å². The summed E-state index contributed by atoms with van der Waals surface area (Å²) in [5.41, 5.74) is 5.13. The van der Waals surface area contributed by atoms with Gasteiger partial charge in [0.25, 0.3) is 0 Å². The number of hydrogen-bond acceptors (Lipinski definition) is 3. The molecule has 0 amide bonds. The number of aliphatic hydroxyl groups is 1. The van der Waals surface area contributed by atoms with Crippen LogP contribution in [0.25, 0.3) is 0 Å². The molecule has 3 radical (unpaired) electrons. The van der Waals surface area contributed by atoms with Gasteiger partial charge in [0, 0.05) is 108 Å². The van der Waals surface area contributed by atoms with E-state index >= 15 is 0 Å². The van der Waals surface area contributed by atoms with Gasteiger partial charge in [-0.25, -0.2) is 0 Å². The molecule has 0 aliphatic rings. The molecular weight excluding hydrogens is 161 g/mol. The van der Waals surface area contributed by atoms with Crippen molar-refractivity contribution in [1.29, 1.82) is 0 Å². The van der Waals surface area contributed by atoms with E-state index in [1.54, 1.807) is 0 Å². The monoisotopic (exact) mass is 173 g/mol. The molecular formula is C4H12N2Na3O. The van der Waals surface area contributed by atoms with E-state index in [2.05, 4.69) is 5.32 Å². The van der Waals surface area contributed by atoms with Gasteiger partial charge in [-0.1, -0.05) is 0 Å². The number of aliphatic hydroxyl groups excluding tert-OH is 1. The van der Waals surface area contributed by atoms with Crippen LogP contribution >= 0.6 is 0 Å². The van der Waals surface area contributed by atoms with Crippen LogP contribution in [0, 0.1) is 0 Å². The molecule has 4 N–H and O–H groups in total. The fourth-order valence-electron chi connectivity index (χ4n) is 0.306. The van der Waals surface area contributed by atoms with Gasteiger partial charge >= 0.3 is 0 Å². The molecule has 0 aromatic heterocycles. The molecule has 0 spiro atoms. The topological polar surface area (TPSA) is 58.3 Å². The van der Waals surface area contributed by atoms with Gasteiger partial charge in [-0.05, 0) is 0 Å². The first-order chi connectivity index (χ1) is 3.41. The quantitative estimate of drug-likeness (QED) is 0.322. The Hall–Kier alpha value is 2.88. The summed E-state index contributed by atoms with van der Waals surface area (Å²) >= 11 is 0. The van der Waals surface area contributed by atoms with E-state index in [0.29, 0.717) is 13.1 Å². The third kappa shape index (κ3) is 22.4. The van der Waals surface area contributed by atoms with Crippen LogP contribution in [0.4, 0.5) is 0 Å². The van der Waals surface area contributed by atoms with Gasteiger partial charge in [0.05, 0.1) is 6.61 Å². The molecule has 0 heterocycles. The van der Waals surface area contributed by atoms with Crippen molar-refractivity contribution in [1.82, 2.24) is 5.32 Å². The first kappa shape index (κ1) is 23.1. The third-order valence-electron chi connectivity index (χ3n) is 0.610. The van der Waals surface area contributed by atoms with Crippen LogP contribution in [0.2, 0.25) is 0 Å². The van der Waals surface area contributed by atoms with Crippen LogP contribution in [0.1, 0.15) is 0 Å². The number of nitrogens with one attached hydrogen (secondary N) is 1. The predicted octanol–water partition coefficient (Wildman–Crippen LogP) is -2.62. The minimum Gasteiger partial charge on any atom is -0.395 e. The van der Waals surface area contributed by atoms with Gasteiger partial charge in [0.2, 0.25) is 0 Å². The summed E-state index contributed by atoms with van der Waals surface area (Å²) in [5, 5.41) is 11.1. The second-order valence-electron chi connectivity index (χ2n) is 1.26. The van der Waals surface area contributed by atoms with Crippen LogP contribution in [0.15, 0.2) is 0 Å². The minimum absolute atomic E-state index is 0. The van der Waals surface area contributed by atoms with Crippen molar-refractivity contribution < 1.29 is 5.11 Å². The maximum atomic E-state index is 8.19. The Labute approximate surface area is 129 Å². The van der Waals surface area contributed by atoms with E-state index in [4.69, 9.17) is 10.8 Å². The average molecular weight is 173 g/mol. The van der Waals surface area contributed by atoms with Crippen LogP contribution in [0.3, 0.4) is 0 Å². The van der Waals surface area contributed by atoms with Gasteiger partial charge in [-0.3, -0.25) is 0 Å². The fraction of sp³-hybridized carbons (Fsp3) is 1.00. The molecule has 0 aromatic rings. The Kier molecular flexibility index (Phi) is 52.2. The molecule has 0 aromatic carbocycles. The zero-order valence-electron chi connectivity index (χ0n) is 7.35. The summed E-state index contributed by atoms with van der Waals surface area (Å²) < 4.78 is 0. The van der Waals surface area contributed by atoms with E-state index in [-0.39, 0.29) is 95.3 Å². The third-order valence-corrected chi connectivity index (χ3v) is 0.610. The van der Waals surface area contributed by atoms with E-state index in [0.717, 1.165) is 6.54 Å². The molecule has 0 atom stereocenters. The molecule has 0 saturated carbocycles. The van der Waals surface area contributed by atoms with Gasteiger partial charge < -0.3 is 16.2 Å². The Morgan fingerprint density at radius 1 is 1.10 bits per heavy atom. The molecule has 0 unspecified atom stereocenters. The van der Waals surface area contributed by atoms with E-state index in [9.17, 15) is 0 Å². The first-order valence-electron chi connectivity index (χ1n) is 2.43. The summed E-state index contributed by atoms with van der Waals surface area (Å²) in [7, 11) is 0. The molecule has 0 aliphatic carbocycles. The van der Waals surface area contributed by atoms with Crippen LogP contribution in [0.5, 0.6) is 0 Å². The Bertz CT molecular complexity index is 37.7. The second-order valence-corrected chi connectivity index (χ2v) is 1.26. The van der Waals surface area contributed by atoms with Crippen molar-refractivity contribution in [3.63, 3.8) is 0 Å².